The summed E-state index contributed by atoms with van der Waals surface area (Å²) in [5.41, 5.74) is 1.24. The second-order valence-electron chi connectivity index (χ2n) is 6.53. The van der Waals surface area contributed by atoms with Gasteiger partial charge in [-0.1, -0.05) is 24.3 Å². The third-order valence-corrected chi connectivity index (χ3v) is 3.74. The fourth-order valence-corrected chi connectivity index (χ4v) is 2.49. The van der Waals surface area contributed by atoms with Gasteiger partial charge in [0.25, 0.3) is 5.91 Å². The fraction of sp³-hybridized carbons (Fsp3) is 0.263. The number of aromatic nitrogens is 1. The van der Waals surface area contributed by atoms with Gasteiger partial charge < -0.3 is 9.32 Å². The molecule has 1 aromatic carbocycles. The van der Waals surface area contributed by atoms with E-state index in [4.69, 9.17) is 4.42 Å². The average Bonchev–Trinajstić information content (AvgIpc) is 2.96. The molecule has 1 amide bonds. The van der Waals surface area contributed by atoms with Gasteiger partial charge in [-0.3, -0.25) is 9.78 Å². The van der Waals surface area contributed by atoms with Crippen molar-refractivity contribution in [1.82, 2.24) is 9.88 Å². The number of carbonyl (C=O) groups is 1. The van der Waals surface area contributed by atoms with Gasteiger partial charge in [0.15, 0.2) is 5.76 Å². The molecule has 0 unspecified atom stereocenters. The van der Waals surface area contributed by atoms with Crippen LogP contribution in [0, 0.1) is 0 Å². The van der Waals surface area contributed by atoms with Crippen LogP contribution in [-0.4, -0.2) is 21.3 Å². The first-order chi connectivity index (χ1) is 10.9. The molecule has 0 radical (unpaired) electrons. The molecule has 23 heavy (non-hydrogen) atoms. The van der Waals surface area contributed by atoms with E-state index in [-0.39, 0.29) is 11.4 Å². The van der Waals surface area contributed by atoms with E-state index in [0.717, 1.165) is 16.7 Å². The van der Waals surface area contributed by atoms with Crippen molar-refractivity contribution in [2.75, 3.05) is 0 Å². The Kier molecular flexibility index (Phi) is 3.90. The van der Waals surface area contributed by atoms with Crippen LogP contribution in [-0.2, 0) is 6.54 Å². The number of furan rings is 1. The van der Waals surface area contributed by atoms with Gasteiger partial charge in [-0.25, -0.2) is 0 Å². The predicted molar refractivity (Wildman–Crippen MR) is 90.1 cm³/mol. The summed E-state index contributed by atoms with van der Waals surface area (Å²) in [6, 6.07) is 15.2. The van der Waals surface area contributed by atoms with Crippen molar-refractivity contribution >= 4 is 16.9 Å². The molecule has 0 fully saturated rings. The van der Waals surface area contributed by atoms with Gasteiger partial charge in [0.2, 0.25) is 0 Å². The molecular formula is C19H20N2O2. The molecule has 3 rings (SSSR count). The van der Waals surface area contributed by atoms with Crippen LogP contribution < -0.4 is 0 Å². The lowest BCUT2D eigenvalue weighted by Crippen LogP contribution is -2.45. The average molecular weight is 308 g/mol. The Morgan fingerprint density at radius 2 is 1.87 bits per heavy atom. The number of rotatable bonds is 3. The van der Waals surface area contributed by atoms with Crippen LogP contribution in [0.3, 0.4) is 0 Å². The number of nitrogens with zero attached hydrogens (tertiary/aromatic N) is 2. The summed E-state index contributed by atoms with van der Waals surface area (Å²) < 4.78 is 5.73. The van der Waals surface area contributed by atoms with E-state index in [2.05, 4.69) is 4.98 Å². The molecule has 0 saturated carbocycles. The van der Waals surface area contributed by atoms with Gasteiger partial charge in [-0.05, 0) is 45.0 Å². The highest BCUT2D eigenvalue weighted by atomic mass is 16.3. The molecule has 118 valence electrons. The molecule has 0 N–H and O–H groups in total. The summed E-state index contributed by atoms with van der Waals surface area (Å²) in [7, 11) is 0. The zero-order valence-corrected chi connectivity index (χ0v) is 13.6. The zero-order valence-electron chi connectivity index (χ0n) is 13.6. The van der Waals surface area contributed by atoms with Crippen molar-refractivity contribution in [2.24, 2.45) is 0 Å². The molecule has 0 aliphatic carbocycles. The Hall–Kier alpha value is -2.62. The molecular weight excluding hydrogens is 288 g/mol. The Bertz CT molecular complexity index is 783. The second kappa shape index (κ2) is 5.88. The highest BCUT2D eigenvalue weighted by molar-refractivity contribution is 5.96. The Labute approximate surface area is 135 Å². The molecule has 3 aromatic rings. The molecule has 0 spiro atoms. The normalized spacial score (nSPS) is 11.6. The van der Waals surface area contributed by atoms with Crippen molar-refractivity contribution < 1.29 is 9.21 Å². The number of pyridine rings is 1. The first-order valence-electron chi connectivity index (χ1n) is 7.65. The monoisotopic (exact) mass is 308 g/mol. The van der Waals surface area contributed by atoms with Crippen molar-refractivity contribution in [2.45, 2.75) is 32.9 Å². The topological polar surface area (TPSA) is 46.3 Å². The first kappa shape index (κ1) is 15.3. The van der Waals surface area contributed by atoms with E-state index >= 15 is 0 Å². The smallest absolute Gasteiger partial charge is 0.290 e. The molecule has 0 atom stereocenters. The Morgan fingerprint density at radius 1 is 1.13 bits per heavy atom. The summed E-state index contributed by atoms with van der Waals surface area (Å²) in [4.78, 5) is 19.1. The van der Waals surface area contributed by atoms with Crippen LogP contribution >= 0.6 is 0 Å². The third-order valence-electron chi connectivity index (χ3n) is 3.74. The van der Waals surface area contributed by atoms with Gasteiger partial charge in [-0.15, -0.1) is 0 Å². The van der Waals surface area contributed by atoms with E-state index < -0.39 is 0 Å². The van der Waals surface area contributed by atoms with Crippen LogP contribution in [0.15, 0.2) is 59.1 Å². The van der Waals surface area contributed by atoms with Gasteiger partial charge in [0.05, 0.1) is 12.2 Å². The Balaban J connectivity index is 1.94. The van der Waals surface area contributed by atoms with Gasteiger partial charge >= 0.3 is 0 Å². The lowest BCUT2D eigenvalue weighted by Gasteiger charge is -2.34. The van der Waals surface area contributed by atoms with Gasteiger partial charge in [-0.2, -0.15) is 0 Å². The highest BCUT2D eigenvalue weighted by Gasteiger charge is 2.29. The van der Waals surface area contributed by atoms with Crippen LogP contribution in [0.5, 0.6) is 0 Å². The largest absolute Gasteiger partial charge is 0.451 e. The minimum atomic E-state index is -0.340. The summed E-state index contributed by atoms with van der Waals surface area (Å²) in [5.74, 6) is 0.233. The lowest BCUT2D eigenvalue weighted by molar-refractivity contribution is 0.0524. The number of hydrogen-bond acceptors (Lipinski definition) is 3. The number of para-hydroxylation sites is 1. The summed E-state index contributed by atoms with van der Waals surface area (Å²) in [6.07, 6.45) is 1.74. The minimum absolute atomic E-state index is 0.126. The molecule has 0 saturated heterocycles. The molecule has 0 aliphatic rings. The maximum atomic E-state index is 13.0. The maximum Gasteiger partial charge on any atom is 0.290 e. The van der Waals surface area contributed by atoms with E-state index in [1.165, 1.54) is 0 Å². The zero-order chi connectivity index (χ0) is 16.4. The lowest BCUT2D eigenvalue weighted by atomic mass is 10.0. The number of carbonyl (C=O) groups excluding carboxylic acids is 1. The first-order valence-corrected chi connectivity index (χ1v) is 7.65. The van der Waals surface area contributed by atoms with E-state index in [9.17, 15) is 4.79 Å². The number of amides is 1. The summed E-state index contributed by atoms with van der Waals surface area (Å²) in [5, 5.41) is 0.933. The summed E-state index contributed by atoms with van der Waals surface area (Å²) in [6.45, 7) is 6.48. The minimum Gasteiger partial charge on any atom is -0.451 e. The number of fused-ring (bicyclic) bond motifs is 1. The SMILES string of the molecule is CC(C)(C)N(Cc1ccccn1)C(=O)c1cc2ccccc2o1. The Morgan fingerprint density at radius 3 is 2.52 bits per heavy atom. The van der Waals surface area contributed by atoms with Crippen molar-refractivity contribution in [1.29, 1.82) is 0 Å². The van der Waals surface area contributed by atoms with Crippen LogP contribution in [0.1, 0.15) is 37.0 Å². The van der Waals surface area contributed by atoms with Crippen molar-refractivity contribution in [3.8, 4) is 0 Å². The van der Waals surface area contributed by atoms with E-state index in [1.54, 1.807) is 17.2 Å². The molecule has 2 aromatic heterocycles. The molecule has 0 bridgehead atoms. The van der Waals surface area contributed by atoms with Crippen molar-refractivity contribution in [3.63, 3.8) is 0 Å². The molecule has 4 nitrogen and oxygen atoms in total. The maximum absolute atomic E-state index is 13.0. The van der Waals surface area contributed by atoms with E-state index in [1.807, 2.05) is 63.2 Å². The predicted octanol–water partition coefficient (Wildman–Crippen LogP) is 4.27. The highest BCUT2D eigenvalue weighted by Crippen LogP contribution is 2.24. The standard InChI is InChI=1S/C19H20N2O2/c1-19(2,3)21(13-15-9-6-7-11-20-15)18(22)17-12-14-8-4-5-10-16(14)23-17/h4-12H,13H2,1-3H3. The van der Waals surface area contributed by atoms with Crippen molar-refractivity contribution in [3.05, 3.63) is 66.2 Å². The second-order valence-corrected chi connectivity index (χ2v) is 6.53. The van der Waals surface area contributed by atoms with Crippen LogP contribution in [0.4, 0.5) is 0 Å². The van der Waals surface area contributed by atoms with E-state index in [0.29, 0.717) is 12.3 Å². The van der Waals surface area contributed by atoms with Gasteiger partial charge in [0.1, 0.15) is 5.58 Å². The molecule has 0 aliphatic heterocycles. The van der Waals surface area contributed by atoms with Crippen LogP contribution in [0.2, 0.25) is 0 Å². The third kappa shape index (κ3) is 3.26. The van der Waals surface area contributed by atoms with Gasteiger partial charge in [0, 0.05) is 17.1 Å². The number of hydrogen-bond donors (Lipinski definition) is 0. The van der Waals surface area contributed by atoms with Crippen LogP contribution in [0.25, 0.3) is 11.0 Å². The quantitative estimate of drug-likeness (QED) is 0.726. The fourth-order valence-electron chi connectivity index (χ4n) is 2.49. The number of benzene rings is 1. The molecule has 2 heterocycles. The molecule has 4 heteroatoms. The summed E-state index contributed by atoms with van der Waals surface area (Å²) >= 11 is 0.